The third-order valence-electron chi connectivity index (χ3n) is 5.72. The molecule has 172 valence electrons. The lowest BCUT2D eigenvalue weighted by Gasteiger charge is -2.28. The maximum absolute atomic E-state index is 12.8. The number of carbonyl (C=O) groups is 4. The number of benzene rings is 2. The molecule has 2 fully saturated rings. The van der Waals surface area contributed by atoms with Gasteiger partial charge >= 0.3 is 5.97 Å². The third kappa shape index (κ3) is 5.00. The molecular formula is C23H19Cl3N2O5. The number of rotatable bonds is 5. The summed E-state index contributed by atoms with van der Waals surface area (Å²) in [5.74, 6) is -2.84. The molecule has 0 unspecified atom stereocenters. The fraction of sp³-hybridized carbons (Fsp3) is 0.304. The lowest BCUT2D eigenvalue weighted by Crippen LogP contribution is -2.34. The van der Waals surface area contributed by atoms with E-state index < -0.39 is 30.3 Å². The monoisotopic (exact) mass is 508 g/mol. The van der Waals surface area contributed by atoms with E-state index in [0.29, 0.717) is 29.2 Å². The van der Waals surface area contributed by atoms with Crippen LogP contribution >= 0.6 is 34.8 Å². The van der Waals surface area contributed by atoms with Crippen molar-refractivity contribution in [2.75, 3.05) is 16.8 Å². The van der Waals surface area contributed by atoms with Gasteiger partial charge in [-0.05, 0) is 55.3 Å². The van der Waals surface area contributed by atoms with Crippen molar-refractivity contribution in [1.82, 2.24) is 0 Å². The van der Waals surface area contributed by atoms with Gasteiger partial charge < -0.3 is 10.1 Å². The SMILES string of the molecule is O=C(COC(=O)c1ccc(N2C(=O)[C@H]3C[C@@H](Cl)[C@@H](Cl)C[C@H]3C2=O)cc1)Nc1cccc(Cl)c1. The lowest BCUT2D eigenvalue weighted by molar-refractivity contribution is -0.122. The number of nitrogens with zero attached hydrogens (tertiary/aromatic N) is 1. The first-order chi connectivity index (χ1) is 15.7. The molecule has 4 rings (SSSR count). The van der Waals surface area contributed by atoms with E-state index in [9.17, 15) is 19.2 Å². The average Bonchev–Trinajstić information content (AvgIpc) is 3.02. The van der Waals surface area contributed by atoms with Crippen LogP contribution in [0, 0.1) is 11.8 Å². The van der Waals surface area contributed by atoms with Crippen molar-refractivity contribution >= 4 is 69.9 Å². The highest BCUT2D eigenvalue weighted by Gasteiger charge is 2.52. The van der Waals surface area contributed by atoms with Gasteiger partial charge in [0.15, 0.2) is 6.61 Å². The Balaban J connectivity index is 1.37. The van der Waals surface area contributed by atoms with E-state index in [4.69, 9.17) is 39.5 Å². The molecule has 3 amide bonds. The number of esters is 1. The van der Waals surface area contributed by atoms with Crippen molar-refractivity contribution in [1.29, 1.82) is 0 Å². The zero-order valence-corrected chi connectivity index (χ0v) is 19.4. The first-order valence-electron chi connectivity index (χ1n) is 10.2. The quantitative estimate of drug-likeness (QED) is 0.370. The molecule has 1 heterocycles. The van der Waals surface area contributed by atoms with Crippen molar-refractivity contribution in [3.05, 3.63) is 59.1 Å². The van der Waals surface area contributed by atoms with E-state index in [2.05, 4.69) is 5.32 Å². The van der Waals surface area contributed by atoms with Crippen LogP contribution in [0.5, 0.6) is 0 Å². The second kappa shape index (κ2) is 9.71. The molecule has 2 aromatic carbocycles. The fourth-order valence-corrected chi connectivity index (χ4v) is 4.85. The molecule has 7 nitrogen and oxygen atoms in total. The summed E-state index contributed by atoms with van der Waals surface area (Å²) in [5, 5.41) is 2.31. The summed E-state index contributed by atoms with van der Waals surface area (Å²) in [7, 11) is 0. The molecule has 1 aliphatic carbocycles. The van der Waals surface area contributed by atoms with Crippen LogP contribution in [-0.2, 0) is 19.1 Å². The third-order valence-corrected chi connectivity index (χ3v) is 7.04. The Hall–Kier alpha value is -2.61. The minimum Gasteiger partial charge on any atom is -0.452 e. The minimum absolute atomic E-state index is 0.174. The van der Waals surface area contributed by atoms with Gasteiger partial charge in [0, 0.05) is 10.7 Å². The van der Waals surface area contributed by atoms with Gasteiger partial charge in [0.2, 0.25) is 11.8 Å². The smallest absolute Gasteiger partial charge is 0.338 e. The summed E-state index contributed by atoms with van der Waals surface area (Å²) in [6.07, 6.45) is 0.701. The van der Waals surface area contributed by atoms with Gasteiger partial charge in [0.1, 0.15) is 0 Å². The Kier molecular flexibility index (Phi) is 6.93. The van der Waals surface area contributed by atoms with Crippen molar-refractivity contribution in [3.63, 3.8) is 0 Å². The standard InChI is InChI=1S/C23H19Cl3N2O5/c24-13-2-1-3-14(8-13)27-20(29)11-33-23(32)12-4-6-15(7-5-12)28-21(30)16-9-18(25)19(26)10-17(16)22(28)31/h1-8,16-19H,9-11H2,(H,27,29)/t16-,17+,18+,19-. The van der Waals surface area contributed by atoms with Gasteiger partial charge in [-0.2, -0.15) is 0 Å². The van der Waals surface area contributed by atoms with E-state index in [0.717, 1.165) is 4.90 Å². The van der Waals surface area contributed by atoms with Crippen LogP contribution in [0.2, 0.25) is 5.02 Å². The normalized spacial score (nSPS) is 24.4. The molecule has 0 spiro atoms. The number of imide groups is 1. The average molecular weight is 510 g/mol. The summed E-state index contributed by atoms with van der Waals surface area (Å²) in [6, 6.07) is 12.4. The summed E-state index contributed by atoms with van der Waals surface area (Å²) in [5.41, 5.74) is 1.01. The van der Waals surface area contributed by atoms with E-state index in [-0.39, 0.29) is 28.1 Å². The predicted octanol–water partition coefficient (Wildman–Crippen LogP) is 4.25. The van der Waals surface area contributed by atoms with E-state index in [1.807, 2.05) is 0 Å². The van der Waals surface area contributed by atoms with Crippen LogP contribution in [-0.4, -0.2) is 41.1 Å². The molecular weight excluding hydrogens is 491 g/mol. The molecule has 0 aromatic heterocycles. The van der Waals surface area contributed by atoms with Gasteiger partial charge in [0.25, 0.3) is 5.91 Å². The number of hydrogen-bond donors (Lipinski definition) is 1. The van der Waals surface area contributed by atoms with Gasteiger partial charge in [-0.3, -0.25) is 19.3 Å². The molecule has 4 atom stereocenters. The summed E-state index contributed by atoms with van der Waals surface area (Å²) < 4.78 is 5.04. The van der Waals surface area contributed by atoms with Crippen LogP contribution in [0.3, 0.4) is 0 Å². The highest BCUT2D eigenvalue weighted by atomic mass is 35.5. The highest BCUT2D eigenvalue weighted by Crippen LogP contribution is 2.43. The highest BCUT2D eigenvalue weighted by molar-refractivity contribution is 6.31. The summed E-state index contributed by atoms with van der Waals surface area (Å²) in [6.45, 7) is -0.487. The molecule has 0 bridgehead atoms. The molecule has 33 heavy (non-hydrogen) atoms. The molecule has 2 aliphatic rings. The Labute approximate surface area is 204 Å². The largest absolute Gasteiger partial charge is 0.452 e. The van der Waals surface area contributed by atoms with Gasteiger partial charge in [0.05, 0.1) is 33.8 Å². The molecule has 1 aliphatic heterocycles. The minimum atomic E-state index is -0.717. The Morgan fingerprint density at radius 3 is 2.15 bits per heavy atom. The van der Waals surface area contributed by atoms with Crippen molar-refractivity contribution in [2.45, 2.75) is 23.6 Å². The number of nitrogens with one attached hydrogen (secondary N) is 1. The second-order valence-corrected chi connectivity index (χ2v) is 9.47. The first kappa shape index (κ1) is 23.5. The molecule has 1 saturated heterocycles. The fourth-order valence-electron chi connectivity index (χ4n) is 4.07. The number of amides is 3. The van der Waals surface area contributed by atoms with Crippen LogP contribution in [0.25, 0.3) is 0 Å². The van der Waals surface area contributed by atoms with Crippen molar-refractivity contribution in [2.24, 2.45) is 11.8 Å². The zero-order chi connectivity index (χ0) is 23.7. The van der Waals surface area contributed by atoms with Gasteiger partial charge in [-0.1, -0.05) is 17.7 Å². The number of hydrogen-bond acceptors (Lipinski definition) is 5. The second-order valence-electron chi connectivity index (χ2n) is 7.91. The van der Waals surface area contributed by atoms with Crippen molar-refractivity contribution < 1.29 is 23.9 Å². The maximum Gasteiger partial charge on any atom is 0.338 e. The first-order valence-corrected chi connectivity index (χ1v) is 11.5. The Bertz CT molecular complexity index is 1080. The zero-order valence-electron chi connectivity index (χ0n) is 17.2. The topological polar surface area (TPSA) is 92.8 Å². The van der Waals surface area contributed by atoms with Crippen LogP contribution in [0.1, 0.15) is 23.2 Å². The molecule has 1 N–H and O–H groups in total. The molecule has 10 heteroatoms. The van der Waals surface area contributed by atoms with Crippen molar-refractivity contribution in [3.8, 4) is 0 Å². The van der Waals surface area contributed by atoms with Crippen LogP contribution in [0.4, 0.5) is 11.4 Å². The number of halogens is 3. The Morgan fingerprint density at radius 2 is 1.58 bits per heavy atom. The number of carbonyl (C=O) groups excluding carboxylic acids is 4. The molecule has 2 aromatic rings. The van der Waals surface area contributed by atoms with Crippen LogP contribution < -0.4 is 10.2 Å². The number of anilines is 2. The van der Waals surface area contributed by atoms with Crippen LogP contribution in [0.15, 0.2) is 48.5 Å². The number of ether oxygens (including phenoxy) is 1. The molecule has 1 saturated carbocycles. The predicted molar refractivity (Wildman–Crippen MR) is 125 cm³/mol. The lowest BCUT2D eigenvalue weighted by atomic mass is 9.80. The van der Waals surface area contributed by atoms with E-state index >= 15 is 0 Å². The summed E-state index contributed by atoms with van der Waals surface area (Å²) >= 11 is 18.3. The summed E-state index contributed by atoms with van der Waals surface area (Å²) in [4.78, 5) is 51.1. The molecule has 0 radical (unpaired) electrons. The van der Waals surface area contributed by atoms with Gasteiger partial charge in [-0.25, -0.2) is 4.79 Å². The Morgan fingerprint density at radius 1 is 0.970 bits per heavy atom. The van der Waals surface area contributed by atoms with E-state index in [1.54, 1.807) is 24.3 Å². The number of fused-ring (bicyclic) bond motifs is 1. The van der Waals surface area contributed by atoms with E-state index in [1.165, 1.54) is 24.3 Å². The maximum atomic E-state index is 12.8. The number of alkyl halides is 2. The van der Waals surface area contributed by atoms with Gasteiger partial charge in [-0.15, -0.1) is 23.2 Å².